The van der Waals surface area contributed by atoms with Crippen LogP contribution < -0.4 is 16.0 Å². The quantitative estimate of drug-likeness (QED) is 0.787. The summed E-state index contributed by atoms with van der Waals surface area (Å²) >= 11 is 0. The highest BCUT2D eigenvalue weighted by atomic mass is 16.2. The van der Waals surface area contributed by atoms with Gasteiger partial charge in [0, 0.05) is 13.1 Å². The van der Waals surface area contributed by atoms with E-state index >= 15 is 0 Å². The van der Waals surface area contributed by atoms with Gasteiger partial charge in [0.25, 0.3) is 0 Å². The first-order valence-electron chi connectivity index (χ1n) is 5.86. The molecule has 0 saturated carbocycles. The van der Waals surface area contributed by atoms with Gasteiger partial charge in [0.15, 0.2) is 0 Å². The molecule has 1 aliphatic rings. The molecule has 1 unspecified atom stereocenters. The van der Waals surface area contributed by atoms with Gasteiger partial charge in [0.2, 0.25) is 5.91 Å². The number of piperazine rings is 1. The third kappa shape index (κ3) is 2.39. The third-order valence-corrected chi connectivity index (χ3v) is 2.98. The lowest BCUT2D eigenvalue weighted by atomic mass is 10.0. The van der Waals surface area contributed by atoms with Crippen molar-refractivity contribution < 1.29 is 4.79 Å². The minimum atomic E-state index is -0.110. The highest BCUT2D eigenvalue weighted by Gasteiger charge is 2.31. The average Bonchev–Trinajstić information content (AvgIpc) is 2.30. The Balaban J connectivity index is 2.20. The van der Waals surface area contributed by atoms with Crippen molar-refractivity contribution in [2.45, 2.75) is 19.9 Å². The van der Waals surface area contributed by atoms with Crippen LogP contribution in [0.2, 0.25) is 0 Å². The lowest BCUT2D eigenvalue weighted by molar-refractivity contribution is -0.122. The monoisotopic (exact) mass is 234 g/mol. The van der Waals surface area contributed by atoms with Crippen molar-refractivity contribution in [3.63, 3.8) is 0 Å². The fourth-order valence-electron chi connectivity index (χ4n) is 2.03. The Morgan fingerprint density at radius 2 is 2.29 bits per heavy atom. The SMILES string of the molecule is CC(C)C1NCCN(c2ccc(N)nc2)C1=O. The van der Waals surface area contributed by atoms with Gasteiger partial charge in [-0.2, -0.15) is 0 Å². The van der Waals surface area contributed by atoms with Crippen LogP contribution in [0.25, 0.3) is 0 Å². The number of hydrogen-bond donors (Lipinski definition) is 2. The Hall–Kier alpha value is -1.62. The van der Waals surface area contributed by atoms with Crippen LogP contribution in [-0.2, 0) is 4.79 Å². The molecule has 1 fully saturated rings. The zero-order chi connectivity index (χ0) is 12.4. The predicted octanol–water partition coefficient (Wildman–Crippen LogP) is 0.625. The number of carbonyl (C=O) groups is 1. The van der Waals surface area contributed by atoms with Crippen LogP contribution >= 0.6 is 0 Å². The highest BCUT2D eigenvalue weighted by Crippen LogP contribution is 2.19. The van der Waals surface area contributed by atoms with Gasteiger partial charge in [-0.05, 0) is 18.1 Å². The number of aromatic nitrogens is 1. The summed E-state index contributed by atoms with van der Waals surface area (Å²) in [6.07, 6.45) is 1.65. The van der Waals surface area contributed by atoms with Crippen LogP contribution in [0.15, 0.2) is 18.3 Å². The maximum atomic E-state index is 12.3. The number of pyridine rings is 1. The first kappa shape index (κ1) is 11.9. The lowest BCUT2D eigenvalue weighted by Gasteiger charge is -2.34. The molecule has 1 atom stereocenters. The molecule has 1 aromatic heterocycles. The molecule has 1 saturated heterocycles. The summed E-state index contributed by atoms with van der Waals surface area (Å²) in [6, 6.07) is 3.44. The van der Waals surface area contributed by atoms with Crippen LogP contribution in [0.3, 0.4) is 0 Å². The second-order valence-corrected chi connectivity index (χ2v) is 4.61. The van der Waals surface area contributed by atoms with Crippen LogP contribution in [0, 0.1) is 5.92 Å². The van der Waals surface area contributed by atoms with E-state index in [1.54, 1.807) is 17.2 Å². The predicted molar refractivity (Wildman–Crippen MR) is 67.6 cm³/mol. The number of nitrogens with two attached hydrogens (primary N) is 1. The Morgan fingerprint density at radius 1 is 1.53 bits per heavy atom. The molecule has 0 bridgehead atoms. The summed E-state index contributed by atoms with van der Waals surface area (Å²) in [6.45, 7) is 5.56. The minimum absolute atomic E-state index is 0.109. The second kappa shape index (κ2) is 4.71. The molecule has 0 radical (unpaired) electrons. The van der Waals surface area contributed by atoms with Crippen molar-refractivity contribution in [2.75, 3.05) is 23.7 Å². The molecule has 92 valence electrons. The lowest BCUT2D eigenvalue weighted by Crippen LogP contribution is -2.57. The van der Waals surface area contributed by atoms with Crippen LogP contribution in [0.4, 0.5) is 11.5 Å². The third-order valence-electron chi connectivity index (χ3n) is 2.98. The van der Waals surface area contributed by atoms with Crippen molar-refractivity contribution >= 4 is 17.4 Å². The number of amides is 1. The largest absolute Gasteiger partial charge is 0.384 e. The van der Waals surface area contributed by atoms with Crippen LogP contribution in [-0.4, -0.2) is 30.0 Å². The molecule has 3 N–H and O–H groups in total. The molecule has 1 amide bonds. The van der Waals surface area contributed by atoms with Gasteiger partial charge in [0.1, 0.15) is 5.82 Å². The molecule has 5 nitrogen and oxygen atoms in total. The number of anilines is 2. The zero-order valence-corrected chi connectivity index (χ0v) is 10.2. The molecule has 2 heterocycles. The molecule has 17 heavy (non-hydrogen) atoms. The molecular weight excluding hydrogens is 216 g/mol. The van der Waals surface area contributed by atoms with Gasteiger partial charge in [-0.25, -0.2) is 4.98 Å². The zero-order valence-electron chi connectivity index (χ0n) is 10.2. The number of nitrogen functional groups attached to an aromatic ring is 1. The summed E-state index contributed by atoms with van der Waals surface area (Å²) in [5.74, 6) is 0.863. The van der Waals surface area contributed by atoms with Crippen LogP contribution in [0.1, 0.15) is 13.8 Å². The van der Waals surface area contributed by atoms with E-state index in [0.29, 0.717) is 12.4 Å². The van der Waals surface area contributed by atoms with E-state index in [9.17, 15) is 4.79 Å². The number of nitrogens with zero attached hydrogens (tertiary/aromatic N) is 2. The number of carbonyl (C=O) groups excluding carboxylic acids is 1. The van der Waals surface area contributed by atoms with E-state index < -0.39 is 0 Å². The smallest absolute Gasteiger partial charge is 0.244 e. The van der Waals surface area contributed by atoms with Crippen molar-refractivity contribution in [3.8, 4) is 0 Å². The van der Waals surface area contributed by atoms with Gasteiger partial charge in [0.05, 0.1) is 17.9 Å². The van der Waals surface area contributed by atoms with Gasteiger partial charge >= 0.3 is 0 Å². The normalized spacial score (nSPS) is 21.0. The van der Waals surface area contributed by atoms with E-state index in [4.69, 9.17) is 5.73 Å². The van der Waals surface area contributed by atoms with Gasteiger partial charge in [-0.3, -0.25) is 4.79 Å². The summed E-state index contributed by atoms with van der Waals surface area (Å²) in [5.41, 5.74) is 6.36. The fraction of sp³-hybridized carbons (Fsp3) is 0.500. The molecule has 0 spiro atoms. The maximum absolute atomic E-state index is 12.3. The van der Waals surface area contributed by atoms with Crippen molar-refractivity contribution in [1.29, 1.82) is 0 Å². The number of hydrogen-bond acceptors (Lipinski definition) is 4. The molecular formula is C12H18N4O. The summed E-state index contributed by atoms with van der Waals surface area (Å²) in [4.78, 5) is 18.1. The molecule has 1 aromatic rings. The van der Waals surface area contributed by atoms with E-state index in [2.05, 4.69) is 10.3 Å². The molecule has 5 heteroatoms. The van der Waals surface area contributed by atoms with E-state index in [1.165, 1.54) is 0 Å². The van der Waals surface area contributed by atoms with Gasteiger partial charge in [-0.1, -0.05) is 13.8 Å². The average molecular weight is 234 g/mol. The van der Waals surface area contributed by atoms with Crippen LogP contribution in [0.5, 0.6) is 0 Å². The Morgan fingerprint density at radius 3 is 2.88 bits per heavy atom. The molecule has 2 rings (SSSR count). The molecule has 0 aliphatic carbocycles. The Labute approximate surface area is 101 Å². The second-order valence-electron chi connectivity index (χ2n) is 4.61. The maximum Gasteiger partial charge on any atom is 0.244 e. The summed E-state index contributed by atoms with van der Waals surface area (Å²) in [7, 11) is 0. The Kier molecular flexibility index (Phi) is 3.28. The van der Waals surface area contributed by atoms with Gasteiger partial charge in [-0.15, -0.1) is 0 Å². The minimum Gasteiger partial charge on any atom is -0.384 e. The number of nitrogens with one attached hydrogen (secondary N) is 1. The number of rotatable bonds is 2. The standard InChI is InChI=1S/C12H18N4O/c1-8(2)11-12(17)16(6-5-14-11)9-3-4-10(13)15-7-9/h3-4,7-8,11,14H,5-6H2,1-2H3,(H2,13,15). The first-order valence-corrected chi connectivity index (χ1v) is 5.86. The Bertz CT molecular complexity index is 401. The summed E-state index contributed by atoms with van der Waals surface area (Å²) in [5, 5.41) is 3.24. The first-order chi connectivity index (χ1) is 8.09. The van der Waals surface area contributed by atoms with Crippen molar-refractivity contribution in [2.24, 2.45) is 5.92 Å². The van der Waals surface area contributed by atoms with Crippen molar-refractivity contribution in [3.05, 3.63) is 18.3 Å². The topological polar surface area (TPSA) is 71.2 Å². The summed E-state index contributed by atoms with van der Waals surface area (Å²) < 4.78 is 0. The highest BCUT2D eigenvalue weighted by molar-refractivity contribution is 5.98. The van der Waals surface area contributed by atoms with Crippen molar-refractivity contribution in [1.82, 2.24) is 10.3 Å². The van der Waals surface area contributed by atoms with E-state index in [0.717, 1.165) is 12.2 Å². The molecule has 0 aromatic carbocycles. The van der Waals surface area contributed by atoms with E-state index in [-0.39, 0.29) is 17.9 Å². The fourth-order valence-corrected chi connectivity index (χ4v) is 2.03. The van der Waals surface area contributed by atoms with E-state index in [1.807, 2.05) is 19.9 Å². The molecule has 1 aliphatic heterocycles. The van der Waals surface area contributed by atoms with Gasteiger partial charge < -0.3 is 16.0 Å².